The minimum atomic E-state index is 0.840. The van der Waals surface area contributed by atoms with Gasteiger partial charge in [0.1, 0.15) is 0 Å². The summed E-state index contributed by atoms with van der Waals surface area (Å²) in [5.74, 6) is 27.5. The highest BCUT2D eigenvalue weighted by Gasteiger charge is 2.08. The molecule has 0 fully saturated rings. The lowest BCUT2D eigenvalue weighted by atomic mass is 9.92. The second-order valence-corrected chi connectivity index (χ2v) is 12.4. The van der Waals surface area contributed by atoms with Crippen LogP contribution in [0.3, 0.4) is 0 Å². The molecule has 0 nitrogen and oxygen atoms in total. The van der Waals surface area contributed by atoms with Crippen molar-refractivity contribution in [2.45, 2.75) is 0 Å². The zero-order valence-corrected chi connectivity index (χ0v) is 29.3. The summed E-state index contributed by atoms with van der Waals surface area (Å²) in [6.45, 7) is 0. The van der Waals surface area contributed by atoms with Crippen molar-refractivity contribution in [3.05, 3.63) is 214 Å². The van der Waals surface area contributed by atoms with Gasteiger partial charge in [-0.05, 0) is 161 Å². The van der Waals surface area contributed by atoms with E-state index in [9.17, 15) is 0 Å². The van der Waals surface area contributed by atoms with E-state index in [0.717, 1.165) is 83.5 Å². The van der Waals surface area contributed by atoms with Gasteiger partial charge in [-0.2, -0.15) is 0 Å². The number of benzene rings is 7. The summed E-state index contributed by atoms with van der Waals surface area (Å²) < 4.78 is 0. The minimum absolute atomic E-state index is 0.840. The molecule has 0 aliphatic carbocycles. The lowest BCUT2D eigenvalue weighted by molar-refractivity contribution is 1.54. The van der Waals surface area contributed by atoms with Crippen molar-refractivity contribution in [2.75, 3.05) is 0 Å². The SMILES string of the molecule is C#Cc1ccc(C#Cc2ccc(-c3cc(-c4ccc(C#Cc5ccc(C#C)cc5)cc4)cc(-c4ccc(C#Cc5ccc(C#C)cc5)cc4)c3)cc2)cc1. The van der Waals surface area contributed by atoms with E-state index in [1.54, 1.807) is 0 Å². The third-order valence-electron chi connectivity index (χ3n) is 8.80. The standard InChI is InChI=1S/C54H30/c1-4-40-7-13-43(14-8-40)19-22-46-25-31-49(32-26-46)52-37-53(50-33-27-47(28-34-50)23-20-44-15-9-41(5-2)10-16-44)39-54(38-52)51-35-29-48(30-36-51)24-21-45-17-11-42(6-3)12-18-45/h1-3,7-18,25-39H. The van der Waals surface area contributed by atoms with Crippen molar-refractivity contribution < 1.29 is 0 Å². The monoisotopic (exact) mass is 678 g/mol. The molecule has 0 bridgehead atoms. The van der Waals surface area contributed by atoms with Gasteiger partial charge in [-0.25, -0.2) is 0 Å². The molecule has 7 rings (SSSR count). The largest absolute Gasteiger partial charge is 0.115 e. The molecule has 0 atom stereocenters. The third-order valence-corrected chi connectivity index (χ3v) is 8.80. The van der Waals surface area contributed by atoms with E-state index in [1.807, 2.05) is 72.8 Å². The number of hydrogen-bond acceptors (Lipinski definition) is 0. The molecule has 246 valence electrons. The van der Waals surface area contributed by atoms with Gasteiger partial charge in [-0.1, -0.05) is 89.7 Å². The molecule has 0 aliphatic heterocycles. The molecular weight excluding hydrogens is 649 g/mol. The van der Waals surface area contributed by atoms with Gasteiger partial charge < -0.3 is 0 Å². The molecule has 0 unspecified atom stereocenters. The normalized spacial score (nSPS) is 9.72. The van der Waals surface area contributed by atoms with Crippen LogP contribution in [0.1, 0.15) is 50.1 Å². The smallest absolute Gasteiger partial charge is 0.0249 e. The van der Waals surface area contributed by atoms with E-state index in [2.05, 4.69) is 144 Å². The zero-order valence-electron chi connectivity index (χ0n) is 29.3. The Kier molecular flexibility index (Phi) is 10.4. The van der Waals surface area contributed by atoms with Crippen molar-refractivity contribution in [2.24, 2.45) is 0 Å². The molecule has 0 saturated carbocycles. The van der Waals surface area contributed by atoms with Gasteiger partial charge >= 0.3 is 0 Å². The maximum atomic E-state index is 5.49. The Hall–Kier alpha value is -8.10. The molecule has 0 heterocycles. The Morgan fingerprint density at radius 1 is 0.204 bits per heavy atom. The number of rotatable bonds is 3. The van der Waals surface area contributed by atoms with E-state index in [1.165, 1.54) is 0 Å². The van der Waals surface area contributed by atoms with Crippen LogP contribution in [0.25, 0.3) is 33.4 Å². The fourth-order valence-electron chi connectivity index (χ4n) is 5.75. The third kappa shape index (κ3) is 8.60. The van der Waals surface area contributed by atoms with Crippen molar-refractivity contribution in [3.8, 4) is 106 Å². The van der Waals surface area contributed by atoms with Crippen LogP contribution in [0, 0.1) is 72.6 Å². The summed E-state index contributed by atoms with van der Waals surface area (Å²) in [5, 5.41) is 0. The molecule has 7 aromatic carbocycles. The molecule has 0 spiro atoms. The highest BCUT2D eigenvalue weighted by molar-refractivity contribution is 5.81. The Morgan fingerprint density at radius 3 is 0.556 bits per heavy atom. The van der Waals surface area contributed by atoms with Crippen LogP contribution >= 0.6 is 0 Å². The van der Waals surface area contributed by atoms with Gasteiger partial charge in [0.25, 0.3) is 0 Å². The molecular formula is C54H30. The number of terminal acetylenes is 3. The van der Waals surface area contributed by atoms with Crippen LogP contribution in [0.2, 0.25) is 0 Å². The molecule has 7 aromatic rings. The number of hydrogen-bond donors (Lipinski definition) is 0. The maximum absolute atomic E-state index is 5.49. The minimum Gasteiger partial charge on any atom is -0.115 e. The maximum Gasteiger partial charge on any atom is 0.0249 e. The Labute approximate surface area is 318 Å². The Morgan fingerprint density at radius 2 is 0.370 bits per heavy atom. The molecule has 0 radical (unpaired) electrons. The van der Waals surface area contributed by atoms with Gasteiger partial charge in [0.2, 0.25) is 0 Å². The average molecular weight is 679 g/mol. The first-order valence-electron chi connectivity index (χ1n) is 17.3. The highest BCUT2D eigenvalue weighted by atomic mass is 14.1. The van der Waals surface area contributed by atoms with Crippen LogP contribution in [0.15, 0.2) is 164 Å². The molecule has 0 heteroatoms. The molecule has 0 N–H and O–H groups in total. The lowest BCUT2D eigenvalue weighted by Crippen LogP contribution is -1.87. The summed E-state index contributed by atoms with van der Waals surface area (Å²) in [6, 6.07) is 54.9. The molecule has 0 aliphatic rings. The van der Waals surface area contributed by atoms with E-state index in [-0.39, 0.29) is 0 Å². The summed E-state index contributed by atoms with van der Waals surface area (Å²) in [4.78, 5) is 0. The highest BCUT2D eigenvalue weighted by Crippen LogP contribution is 2.33. The first-order valence-corrected chi connectivity index (χ1v) is 17.3. The summed E-state index contributed by atoms with van der Waals surface area (Å²) >= 11 is 0. The van der Waals surface area contributed by atoms with Crippen molar-refractivity contribution in [3.63, 3.8) is 0 Å². The van der Waals surface area contributed by atoms with E-state index in [4.69, 9.17) is 19.3 Å². The average Bonchev–Trinajstić information content (AvgIpc) is 3.25. The molecule has 54 heavy (non-hydrogen) atoms. The first-order chi connectivity index (χ1) is 26.5. The van der Waals surface area contributed by atoms with E-state index < -0.39 is 0 Å². The fraction of sp³-hybridized carbons (Fsp3) is 0. The van der Waals surface area contributed by atoms with Crippen LogP contribution in [0.4, 0.5) is 0 Å². The topological polar surface area (TPSA) is 0 Å². The molecule has 0 saturated heterocycles. The van der Waals surface area contributed by atoms with Gasteiger partial charge in [0, 0.05) is 50.1 Å². The second kappa shape index (κ2) is 16.3. The van der Waals surface area contributed by atoms with Crippen LogP contribution < -0.4 is 0 Å². The van der Waals surface area contributed by atoms with E-state index >= 15 is 0 Å². The van der Waals surface area contributed by atoms with E-state index in [0.29, 0.717) is 0 Å². The van der Waals surface area contributed by atoms with Crippen molar-refractivity contribution in [1.82, 2.24) is 0 Å². The van der Waals surface area contributed by atoms with Crippen molar-refractivity contribution >= 4 is 0 Å². The fourth-order valence-corrected chi connectivity index (χ4v) is 5.75. The molecule has 0 amide bonds. The van der Waals surface area contributed by atoms with Crippen LogP contribution in [-0.2, 0) is 0 Å². The van der Waals surface area contributed by atoms with Crippen molar-refractivity contribution in [1.29, 1.82) is 0 Å². The second-order valence-electron chi connectivity index (χ2n) is 12.4. The van der Waals surface area contributed by atoms with Gasteiger partial charge in [-0.3, -0.25) is 0 Å². The van der Waals surface area contributed by atoms with Gasteiger partial charge in [0.15, 0.2) is 0 Å². The lowest BCUT2D eigenvalue weighted by Gasteiger charge is -2.12. The predicted molar refractivity (Wildman–Crippen MR) is 224 cm³/mol. The predicted octanol–water partition coefficient (Wildman–Crippen LogP) is 10.8. The summed E-state index contributed by atoms with van der Waals surface area (Å²) in [7, 11) is 0. The first kappa shape index (κ1) is 34.4. The van der Waals surface area contributed by atoms with Crippen LogP contribution in [-0.4, -0.2) is 0 Å². The zero-order chi connectivity index (χ0) is 37.1. The van der Waals surface area contributed by atoms with Gasteiger partial charge in [0.05, 0.1) is 0 Å². The Bertz CT molecular complexity index is 2440. The molecule has 0 aromatic heterocycles. The van der Waals surface area contributed by atoms with Gasteiger partial charge in [-0.15, -0.1) is 19.3 Å². The summed E-state index contributed by atoms with van der Waals surface area (Å²) in [6.07, 6.45) is 16.5. The van der Waals surface area contributed by atoms with Crippen LogP contribution in [0.5, 0.6) is 0 Å². The summed E-state index contributed by atoms with van der Waals surface area (Å²) in [5.41, 5.74) is 14.7. The quantitative estimate of drug-likeness (QED) is 0.163. The Balaban J connectivity index is 1.19.